The minimum Gasteiger partial charge on any atom is -0.457 e. The van der Waals surface area contributed by atoms with Crippen LogP contribution < -0.4 is 0 Å². The smallest absolute Gasteiger partial charge is 0.339 e. The maximum Gasteiger partial charge on any atom is 0.339 e. The van der Waals surface area contributed by atoms with Crippen molar-refractivity contribution in [3.8, 4) is 0 Å². The Bertz CT molecular complexity index is 1300. The highest BCUT2D eigenvalue weighted by atomic mass is 32.2. The monoisotopic (exact) mass is 471 g/mol. The van der Waals surface area contributed by atoms with Crippen molar-refractivity contribution in [1.29, 1.82) is 0 Å². The maximum atomic E-state index is 13.1. The highest BCUT2D eigenvalue weighted by molar-refractivity contribution is 7.98. The molecular weight excluding hydrogens is 446 g/mol. The predicted octanol–water partition coefficient (Wildman–Crippen LogP) is 4.06. The standard InChI is InChI=1S/C23H25N3O4S2/c1-14-21-19(23(27)30-12-15-3-7-18(31-2)8-4-15)11-20(16-5-6-16)24-22(21)26(25-14)17-9-10-32(28,29)13-17/h3-4,7-8,11,16-17H,5-6,9-10,12-13H2,1-2H3. The third-order valence-corrected chi connectivity index (χ3v) is 8.65. The zero-order chi connectivity index (χ0) is 22.5. The molecule has 9 heteroatoms. The third-order valence-electron chi connectivity index (χ3n) is 6.16. The largest absolute Gasteiger partial charge is 0.457 e. The number of aromatic nitrogens is 3. The molecule has 1 saturated heterocycles. The Labute approximate surface area is 191 Å². The highest BCUT2D eigenvalue weighted by Gasteiger charge is 2.34. The zero-order valence-electron chi connectivity index (χ0n) is 18.1. The van der Waals surface area contributed by atoms with Crippen molar-refractivity contribution < 1.29 is 17.9 Å². The van der Waals surface area contributed by atoms with E-state index >= 15 is 0 Å². The first-order chi connectivity index (χ1) is 15.3. The molecule has 1 atom stereocenters. The number of hydrogen-bond donors (Lipinski definition) is 0. The fourth-order valence-electron chi connectivity index (χ4n) is 4.25. The summed E-state index contributed by atoms with van der Waals surface area (Å²) in [5.74, 6) is 0.144. The molecule has 1 aromatic carbocycles. The van der Waals surface area contributed by atoms with Gasteiger partial charge in [-0.2, -0.15) is 5.10 Å². The van der Waals surface area contributed by atoms with E-state index in [1.54, 1.807) is 16.4 Å². The van der Waals surface area contributed by atoms with E-state index in [0.717, 1.165) is 29.0 Å². The predicted molar refractivity (Wildman–Crippen MR) is 124 cm³/mol. The van der Waals surface area contributed by atoms with Gasteiger partial charge >= 0.3 is 5.97 Å². The summed E-state index contributed by atoms with van der Waals surface area (Å²) in [6.07, 6.45) is 4.61. The summed E-state index contributed by atoms with van der Waals surface area (Å²) >= 11 is 1.66. The molecule has 168 valence electrons. The Morgan fingerprint density at radius 2 is 1.97 bits per heavy atom. The fraction of sp³-hybridized carbons (Fsp3) is 0.435. The van der Waals surface area contributed by atoms with Crippen LogP contribution in [0.5, 0.6) is 0 Å². The minimum atomic E-state index is -3.07. The Morgan fingerprint density at radius 1 is 1.22 bits per heavy atom. The number of hydrogen-bond acceptors (Lipinski definition) is 7. The Hall–Kier alpha value is -2.39. The molecule has 3 heterocycles. The van der Waals surface area contributed by atoms with Gasteiger partial charge < -0.3 is 4.74 Å². The van der Waals surface area contributed by atoms with Crippen molar-refractivity contribution in [2.75, 3.05) is 17.8 Å². The van der Waals surface area contributed by atoms with Crippen molar-refractivity contribution in [2.45, 2.75) is 49.6 Å². The van der Waals surface area contributed by atoms with E-state index in [9.17, 15) is 13.2 Å². The third kappa shape index (κ3) is 4.15. The number of carbonyl (C=O) groups is 1. The lowest BCUT2D eigenvalue weighted by Gasteiger charge is -2.12. The number of pyridine rings is 1. The van der Waals surface area contributed by atoms with E-state index in [2.05, 4.69) is 5.10 Å². The molecule has 0 spiro atoms. The molecule has 3 aromatic rings. The number of thioether (sulfide) groups is 1. The van der Waals surface area contributed by atoms with Crippen molar-refractivity contribution in [1.82, 2.24) is 14.8 Å². The van der Waals surface area contributed by atoms with Gasteiger partial charge in [0, 0.05) is 16.5 Å². The fourth-order valence-corrected chi connectivity index (χ4v) is 6.35. The van der Waals surface area contributed by atoms with E-state index < -0.39 is 15.8 Å². The second kappa shape index (κ2) is 8.19. The summed E-state index contributed by atoms with van der Waals surface area (Å²) in [5, 5.41) is 5.27. The van der Waals surface area contributed by atoms with Gasteiger partial charge in [0.2, 0.25) is 0 Å². The topological polar surface area (TPSA) is 91.2 Å². The second-order valence-corrected chi connectivity index (χ2v) is 11.7. The van der Waals surface area contributed by atoms with Crippen LogP contribution in [-0.2, 0) is 21.2 Å². The maximum absolute atomic E-state index is 13.1. The van der Waals surface area contributed by atoms with E-state index in [1.807, 2.05) is 43.5 Å². The first kappa shape index (κ1) is 21.5. The first-order valence-corrected chi connectivity index (χ1v) is 13.8. The average Bonchev–Trinajstić information content (AvgIpc) is 3.50. The van der Waals surface area contributed by atoms with Gasteiger partial charge in [0.15, 0.2) is 15.5 Å². The van der Waals surface area contributed by atoms with Crippen LogP contribution in [0.3, 0.4) is 0 Å². The van der Waals surface area contributed by atoms with E-state index in [-0.39, 0.29) is 24.2 Å². The highest BCUT2D eigenvalue weighted by Crippen LogP contribution is 2.41. The summed E-state index contributed by atoms with van der Waals surface area (Å²) in [7, 11) is -3.07. The van der Waals surface area contributed by atoms with Gasteiger partial charge in [0.1, 0.15) is 6.61 Å². The summed E-state index contributed by atoms with van der Waals surface area (Å²) in [6.45, 7) is 2.02. The number of carbonyl (C=O) groups excluding carboxylic acids is 1. The SMILES string of the molecule is CSc1ccc(COC(=O)c2cc(C3CC3)nc3c2c(C)nn3C2CCS(=O)(=O)C2)cc1. The van der Waals surface area contributed by atoms with Crippen LogP contribution in [0.25, 0.3) is 11.0 Å². The van der Waals surface area contributed by atoms with E-state index in [4.69, 9.17) is 9.72 Å². The number of nitrogens with zero attached hydrogens (tertiary/aromatic N) is 3. The van der Waals surface area contributed by atoms with Gasteiger partial charge in [-0.25, -0.2) is 22.9 Å². The van der Waals surface area contributed by atoms with Gasteiger partial charge in [-0.3, -0.25) is 0 Å². The summed E-state index contributed by atoms with van der Waals surface area (Å²) < 4.78 is 31.5. The molecule has 0 bridgehead atoms. The Morgan fingerprint density at radius 3 is 2.59 bits per heavy atom. The van der Waals surface area contributed by atoms with Gasteiger partial charge in [-0.05, 0) is 56.2 Å². The molecular formula is C23H25N3O4S2. The van der Waals surface area contributed by atoms with Crippen LogP contribution in [-0.4, -0.2) is 46.9 Å². The Kier molecular flexibility index (Phi) is 5.49. The number of esters is 1. The van der Waals surface area contributed by atoms with Crippen molar-refractivity contribution in [3.05, 3.63) is 52.8 Å². The molecule has 7 nitrogen and oxygen atoms in total. The number of fused-ring (bicyclic) bond motifs is 1. The quantitative estimate of drug-likeness (QED) is 0.395. The molecule has 1 unspecified atom stereocenters. The molecule has 0 radical (unpaired) electrons. The van der Waals surface area contributed by atoms with Gasteiger partial charge in [-0.15, -0.1) is 11.8 Å². The molecule has 32 heavy (non-hydrogen) atoms. The molecule has 2 aromatic heterocycles. The number of ether oxygens (including phenoxy) is 1. The summed E-state index contributed by atoms with van der Waals surface area (Å²) in [5.41, 5.74) is 3.49. The van der Waals surface area contributed by atoms with Crippen molar-refractivity contribution >= 4 is 38.6 Å². The molecule has 2 fully saturated rings. The van der Waals surface area contributed by atoms with Crippen LogP contribution in [0.2, 0.25) is 0 Å². The number of sulfone groups is 1. The molecule has 1 aliphatic carbocycles. The van der Waals surface area contributed by atoms with Gasteiger partial charge in [0.25, 0.3) is 0 Å². The molecule has 1 aliphatic heterocycles. The summed E-state index contributed by atoms with van der Waals surface area (Å²) in [4.78, 5) is 19.1. The first-order valence-electron chi connectivity index (χ1n) is 10.7. The minimum absolute atomic E-state index is 0.0599. The van der Waals surface area contributed by atoms with Crippen LogP contribution >= 0.6 is 11.8 Å². The molecule has 0 amide bonds. The molecule has 1 saturated carbocycles. The van der Waals surface area contributed by atoms with Crippen molar-refractivity contribution in [2.24, 2.45) is 0 Å². The molecule has 0 N–H and O–H groups in total. The molecule has 5 rings (SSSR count). The van der Waals surface area contributed by atoms with Crippen molar-refractivity contribution in [3.63, 3.8) is 0 Å². The van der Waals surface area contributed by atoms with Gasteiger partial charge in [-0.1, -0.05) is 12.1 Å². The average molecular weight is 472 g/mol. The zero-order valence-corrected chi connectivity index (χ0v) is 19.7. The number of benzene rings is 1. The normalized spacial score (nSPS) is 20.0. The van der Waals surface area contributed by atoms with Crippen LogP contribution in [0.15, 0.2) is 35.2 Å². The van der Waals surface area contributed by atoms with E-state index in [0.29, 0.717) is 34.6 Å². The second-order valence-electron chi connectivity index (χ2n) is 8.58. The van der Waals surface area contributed by atoms with Gasteiger partial charge in [0.05, 0.1) is 34.2 Å². The van der Waals surface area contributed by atoms with Crippen LogP contribution in [0.4, 0.5) is 0 Å². The van der Waals surface area contributed by atoms with Crippen LogP contribution in [0.1, 0.15) is 58.5 Å². The number of aryl methyl sites for hydroxylation is 1. The number of rotatable bonds is 6. The van der Waals surface area contributed by atoms with Crippen LogP contribution in [0, 0.1) is 6.92 Å². The van der Waals surface area contributed by atoms with E-state index in [1.165, 1.54) is 0 Å². The Balaban J connectivity index is 1.49. The lowest BCUT2D eigenvalue weighted by atomic mass is 10.1. The lowest BCUT2D eigenvalue weighted by molar-refractivity contribution is 0.0474. The summed E-state index contributed by atoms with van der Waals surface area (Å²) in [6, 6.07) is 9.52. The molecule has 2 aliphatic rings. The lowest BCUT2D eigenvalue weighted by Crippen LogP contribution is -2.14.